The van der Waals surface area contributed by atoms with E-state index in [1.165, 1.54) is 25.7 Å². The maximum Gasteiger partial charge on any atom is 0.0912 e. The van der Waals surface area contributed by atoms with Crippen LogP contribution in [-0.4, -0.2) is 11.1 Å². The molecule has 0 saturated heterocycles. The molecule has 6 N–H and O–H groups in total. The summed E-state index contributed by atoms with van der Waals surface area (Å²) in [6.07, 6.45) is 4.74. The number of halogens is 2. The van der Waals surface area contributed by atoms with Crippen molar-refractivity contribution in [1.29, 1.82) is 0 Å². The molecule has 0 heterocycles. The number of quaternary nitrogens is 2. The Bertz CT molecular complexity index is 109. The van der Waals surface area contributed by atoms with Gasteiger partial charge in [0, 0.05) is 0 Å². The van der Waals surface area contributed by atoms with E-state index in [1.54, 1.807) is 0 Å². The molecule has 0 aliphatic heterocycles. The SMILES string of the molecule is CCC(C)([NH3+])CC.CCC(C)([NH3+])CC.[Cl-].[Cl-]. The van der Waals surface area contributed by atoms with E-state index in [2.05, 4.69) is 53.0 Å². The third-order valence-corrected chi connectivity index (χ3v) is 3.41. The van der Waals surface area contributed by atoms with E-state index in [9.17, 15) is 0 Å². The van der Waals surface area contributed by atoms with E-state index in [4.69, 9.17) is 0 Å². The number of hydrogen-bond donors (Lipinski definition) is 2. The summed E-state index contributed by atoms with van der Waals surface area (Å²) < 4.78 is 0. The average molecular weight is 275 g/mol. The largest absolute Gasteiger partial charge is 1.00 e. The Hall–Kier alpha value is 0.500. The summed E-state index contributed by atoms with van der Waals surface area (Å²) in [5.74, 6) is 0. The summed E-state index contributed by atoms with van der Waals surface area (Å²) in [4.78, 5) is 0. The van der Waals surface area contributed by atoms with Gasteiger partial charge in [0.1, 0.15) is 0 Å². The van der Waals surface area contributed by atoms with E-state index < -0.39 is 0 Å². The van der Waals surface area contributed by atoms with Crippen LogP contribution in [-0.2, 0) is 0 Å². The molecule has 2 nitrogen and oxygen atoms in total. The Morgan fingerprint density at radius 3 is 0.750 bits per heavy atom. The lowest BCUT2D eigenvalue weighted by atomic mass is 9.98. The number of rotatable bonds is 4. The zero-order valence-electron chi connectivity index (χ0n) is 12.0. The molecule has 0 bridgehead atoms. The van der Waals surface area contributed by atoms with E-state index in [1.807, 2.05) is 0 Å². The molecule has 0 unspecified atom stereocenters. The van der Waals surface area contributed by atoms with Crippen LogP contribution in [0.4, 0.5) is 0 Å². The topological polar surface area (TPSA) is 55.3 Å². The van der Waals surface area contributed by atoms with E-state index in [0.717, 1.165) is 0 Å². The first kappa shape index (κ1) is 25.4. The summed E-state index contributed by atoms with van der Waals surface area (Å²) in [5.41, 5.74) is 8.68. The first-order valence-electron chi connectivity index (χ1n) is 5.95. The zero-order chi connectivity index (χ0) is 11.8. The van der Waals surface area contributed by atoms with Crippen molar-refractivity contribution < 1.29 is 36.3 Å². The fourth-order valence-corrected chi connectivity index (χ4v) is 0.500. The minimum Gasteiger partial charge on any atom is -1.00 e. The Morgan fingerprint density at radius 2 is 0.750 bits per heavy atom. The smallest absolute Gasteiger partial charge is 0.0912 e. The van der Waals surface area contributed by atoms with E-state index in [-0.39, 0.29) is 24.8 Å². The van der Waals surface area contributed by atoms with Gasteiger partial charge < -0.3 is 36.3 Å². The van der Waals surface area contributed by atoms with Gasteiger partial charge in [-0.1, -0.05) is 27.7 Å². The molecule has 0 aromatic heterocycles. The second kappa shape index (κ2) is 12.0. The van der Waals surface area contributed by atoms with Crippen LogP contribution in [0.1, 0.15) is 67.2 Å². The Morgan fingerprint density at radius 1 is 0.625 bits per heavy atom. The summed E-state index contributed by atoms with van der Waals surface area (Å²) >= 11 is 0. The molecule has 0 saturated carbocycles. The van der Waals surface area contributed by atoms with Gasteiger partial charge >= 0.3 is 0 Å². The third-order valence-electron chi connectivity index (χ3n) is 3.41. The quantitative estimate of drug-likeness (QED) is 0.521. The highest BCUT2D eigenvalue weighted by Gasteiger charge is 2.15. The Kier molecular flexibility index (Phi) is 19.0. The first-order chi connectivity index (χ1) is 6.24. The van der Waals surface area contributed by atoms with Crippen molar-refractivity contribution in [2.45, 2.75) is 78.3 Å². The molecule has 4 heteroatoms. The second-order valence-electron chi connectivity index (χ2n) is 5.04. The number of hydrogen-bond acceptors (Lipinski definition) is 0. The minimum atomic E-state index is 0. The van der Waals surface area contributed by atoms with Gasteiger partial charge in [-0.15, -0.1) is 0 Å². The van der Waals surface area contributed by atoms with Crippen LogP contribution >= 0.6 is 0 Å². The summed E-state index contributed by atoms with van der Waals surface area (Å²) in [6.45, 7) is 13.1. The van der Waals surface area contributed by atoms with Gasteiger partial charge in [0.05, 0.1) is 11.1 Å². The average Bonchev–Trinajstić information content (AvgIpc) is 2.19. The molecule has 0 atom stereocenters. The molecule has 104 valence electrons. The summed E-state index contributed by atoms with van der Waals surface area (Å²) in [6, 6.07) is 0. The van der Waals surface area contributed by atoms with Crippen LogP contribution < -0.4 is 36.3 Å². The molecule has 0 radical (unpaired) electrons. The Balaban J connectivity index is -0.0000000800. The lowest BCUT2D eigenvalue weighted by molar-refractivity contribution is -0.474. The zero-order valence-corrected chi connectivity index (χ0v) is 13.5. The minimum absolute atomic E-state index is 0. The summed E-state index contributed by atoms with van der Waals surface area (Å²) in [5, 5.41) is 0. The predicted molar refractivity (Wildman–Crippen MR) is 63.8 cm³/mol. The molecular formula is C12H32Cl2N2. The van der Waals surface area contributed by atoms with Crippen LogP contribution in [0.15, 0.2) is 0 Å². The lowest BCUT2D eigenvalue weighted by Crippen LogP contribution is -3.00. The van der Waals surface area contributed by atoms with Gasteiger partial charge in [0.15, 0.2) is 0 Å². The second-order valence-corrected chi connectivity index (χ2v) is 5.04. The highest BCUT2D eigenvalue weighted by atomic mass is 35.5. The Labute approximate surface area is 115 Å². The highest BCUT2D eigenvalue weighted by Crippen LogP contribution is 2.05. The molecular weight excluding hydrogens is 243 g/mol. The first-order valence-corrected chi connectivity index (χ1v) is 5.95. The molecule has 0 aromatic rings. The van der Waals surface area contributed by atoms with Crippen LogP contribution in [0.2, 0.25) is 0 Å². The van der Waals surface area contributed by atoms with Crippen LogP contribution in [0.25, 0.3) is 0 Å². The van der Waals surface area contributed by atoms with Crippen molar-refractivity contribution in [2.75, 3.05) is 0 Å². The lowest BCUT2D eigenvalue weighted by Gasteiger charge is -2.14. The standard InChI is InChI=1S/2C6H15N.2ClH/c2*1-4-6(3,7)5-2;;/h2*4-5,7H2,1-3H3;2*1H. The van der Waals surface area contributed by atoms with Crippen LogP contribution in [0.5, 0.6) is 0 Å². The van der Waals surface area contributed by atoms with Gasteiger partial charge in [-0.25, -0.2) is 0 Å². The van der Waals surface area contributed by atoms with Crippen molar-refractivity contribution in [3.8, 4) is 0 Å². The normalized spacial score (nSPS) is 10.5. The molecule has 0 fully saturated rings. The molecule has 0 aliphatic carbocycles. The van der Waals surface area contributed by atoms with Crippen molar-refractivity contribution in [3.63, 3.8) is 0 Å². The van der Waals surface area contributed by atoms with Crippen LogP contribution in [0.3, 0.4) is 0 Å². The van der Waals surface area contributed by atoms with Crippen LogP contribution in [0, 0.1) is 0 Å². The highest BCUT2D eigenvalue weighted by molar-refractivity contribution is 4.64. The van der Waals surface area contributed by atoms with Crippen molar-refractivity contribution in [2.24, 2.45) is 0 Å². The van der Waals surface area contributed by atoms with Gasteiger partial charge in [-0.05, 0) is 39.5 Å². The maximum absolute atomic E-state index is 4.01. The molecule has 0 amide bonds. The molecule has 0 aromatic carbocycles. The summed E-state index contributed by atoms with van der Waals surface area (Å²) in [7, 11) is 0. The molecule has 0 spiro atoms. The fourth-order valence-electron chi connectivity index (χ4n) is 0.500. The van der Waals surface area contributed by atoms with Gasteiger partial charge in [0.25, 0.3) is 0 Å². The van der Waals surface area contributed by atoms with Gasteiger partial charge in [0.2, 0.25) is 0 Å². The van der Waals surface area contributed by atoms with Gasteiger partial charge in [-0.2, -0.15) is 0 Å². The third kappa shape index (κ3) is 16.9. The van der Waals surface area contributed by atoms with Gasteiger partial charge in [-0.3, -0.25) is 0 Å². The predicted octanol–water partition coefficient (Wildman–Crippen LogP) is -4.38. The molecule has 0 aliphatic rings. The fraction of sp³-hybridized carbons (Fsp3) is 1.00. The monoisotopic (exact) mass is 274 g/mol. The van der Waals surface area contributed by atoms with E-state index >= 15 is 0 Å². The van der Waals surface area contributed by atoms with E-state index in [0.29, 0.717) is 11.1 Å². The maximum atomic E-state index is 4.01. The molecule has 16 heavy (non-hydrogen) atoms. The molecule has 0 rings (SSSR count). The van der Waals surface area contributed by atoms with Crippen molar-refractivity contribution >= 4 is 0 Å². The van der Waals surface area contributed by atoms with Crippen molar-refractivity contribution in [3.05, 3.63) is 0 Å². The van der Waals surface area contributed by atoms with Crippen molar-refractivity contribution in [1.82, 2.24) is 0 Å².